The first-order valence-corrected chi connectivity index (χ1v) is 12.0. The molecule has 1 aromatic heterocycles. The van der Waals surface area contributed by atoms with Crippen molar-refractivity contribution in [1.29, 1.82) is 0 Å². The summed E-state index contributed by atoms with van der Waals surface area (Å²) in [7, 11) is 0. The van der Waals surface area contributed by atoms with E-state index in [9.17, 15) is 9.59 Å². The highest BCUT2D eigenvalue weighted by atomic mass is 35.5. The van der Waals surface area contributed by atoms with Gasteiger partial charge < -0.3 is 10.1 Å². The summed E-state index contributed by atoms with van der Waals surface area (Å²) in [4.78, 5) is 30.2. The van der Waals surface area contributed by atoms with Gasteiger partial charge >= 0.3 is 5.97 Å². The minimum atomic E-state index is -0.348. The van der Waals surface area contributed by atoms with E-state index in [1.165, 1.54) is 11.3 Å². The van der Waals surface area contributed by atoms with Crippen LogP contribution in [0.3, 0.4) is 0 Å². The van der Waals surface area contributed by atoms with Gasteiger partial charge in [-0.1, -0.05) is 19.9 Å². The number of halogens is 1. The van der Waals surface area contributed by atoms with E-state index in [0.29, 0.717) is 22.7 Å². The van der Waals surface area contributed by atoms with Crippen LogP contribution in [0.5, 0.6) is 0 Å². The van der Waals surface area contributed by atoms with Gasteiger partial charge in [-0.15, -0.1) is 35.5 Å². The van der Waals surface area contributed by atoms with Crippen molar-refractivity contribution in [3.8, 4) is 0 Å². The number of nitrogens with one attached hydrogen (secondary N) is 1. The molecule has 0 spiro atoms. The maximum absolute atomic E-state index is 12.9. The molecule has 1 N–H and O–H groups in total. The summed E-state index contributed by atoms with van der Waals surface area (Å²) >= 11 is 3.20. The van der Waals surface area contributed by atoms with Gasteiger partial charge in [-0.3, -0.25) is 9.69 Å². The zero-order valence-corrected chi connectivity index (χ0v) is 20.1. The number of thiophene rings is 1. The van der Waals surface area contributed by atoms with Crippen LogP contribution in [-0.4, -0.2) is 42.2 Å². The van der Waals surface area contributed by atoms with E-state index in [1.807, 2.05) is 18.2 Å². The van der Waals surface area contributed by atoms with Crippen molar-refractivity contribution in [2.24, 2.45) is 0 Å². The normalized spacial score (nSPS) is 13.3. The summed E-state index contributed by atoms with van der Waals surface area (Å²) in [6.07, 6.45) is 1.90. The van der Waals surface area contributed by atoms with E-state index in [4.69, 9.17) is 4.74 Å². The molecule has 0 atom stereocenters. The number of carbonyl (C=O) groups excluding carboxylic acids is 2. The fourth-order valence-electron chi connectivity index (χ4n) is 3.54. The van der Waals surface area contributed by atoms with Gasteiger partial charge in [-0.05, 0) is 55.8 Å². The van der Waals surface area contributed by atoms with E-state index in [0.717, 1.165) is 53.6 Å². The lowest BCUT2D eigenvalue weighted by molar-refractivity contribution is 0.0526. The van der Waals surface area contributed by atoms with Crippen LogP contribution in [0, 0.1) is 0 Å². The molecule has 0 fully saturated rings. The lowest BCUT2D eigenvalue weighted by Crippen LogP contribution is -2.30. The number of carbonyl (C=O) groups is 2. The molecule has 2 aromatic rings. The summed E-state index contributed by atoms with van der Waals surface area (Å²) in [6.45, 7) is 9.15. The highest BCUT2D eigenvalue weighted by Crippen LogP contribution is 2.38. The van der Waals surface area contributed by atoms with Crippen LogP contribution in [0.4, 0.5) is 5.00 Å². The van der Waals surface area contributed by atoms with Gasteiger partial charge in [0, 0.05) is 28.4 Å². The predicted octanol–water partition coefficient (Wildman–Crippen LogP) is 5.48. The maximum Gasteiger partial charge on any atom is 0.341 e. The average molecular weight is 469 g/mol. The lowest BCUT2D eigenvalue weighted by atomic mass is 10.0. The Labute approximate surface area is 193 Å². The van der Waals surface area contributed by atoms with Gasteiger partial charge in [0.1, 0.15) is 5.00 Å². The third-order valence-electron chi connectivity index (χ3n) is 4.79. The van der Waals surface area contributed by atoms with Crippen LogP contribution in [0.25, 0.3) is 0 Å². The summed E-state index contributed by atoms with van der Waals surface area (Å²) in [5, 5.41) is 3.59. The van der Waals surface area contributed by atoms with E-state index < -0.39 is 0 Å². The van der Waals surface area contributed by atoms with Crippen molar-refractivity contribution in [1.82, 2.24) is 4.90 Å². The minimum absolute atomic E-state index is 0. The van der Waals surface area contributed by atoms with Gasteiger partial charge in [0.2, 0.25) is 0 Å². The summed E-state index contributed by atoms with van der Waals surface area (Å²) in [5.74, 6) is 0.405. The first kappa shape index (κ1) is 24.7. The van der Waals surface area contributed by atoms with E-state index in [2.05, 4.69) is 24.1 Å². The number of nitrogens with zero attached hydrogens (tertiary/aromatic N) is 1. The quantitative estimate of drug-likeness (QED) is 0.410. The summed E-state index contributed by atoms with van der Waals surface area (Å²) < 4.78 is 5.31. The van der Waals surface area contributed by atoms with E-state index in [-0.39, 0.29) is 24.3 Å². The third-order valence-corrected chi connectivity index (χ3v) is 6.80. The smallest absolute Gasteiger partial charge is 0.341 e. The van der Waals surface area contributed by atoms with Crippen LogP contribution < -0.4 is 5.32 Å². The number of ether oxygens (including phenoxy) is 1. The number of hydrogen-bond acceptors (Lipinski definition) is 6. The van der Waals surface area contributed by atoms with Gasteiger partial charge in [-0.2, -0.15) is 0 Å². The molecule has 0 unspecified atom stereocenters. The van der Waals surface area contributed by atoms with Gasteiger partial charge in [0.15, 0.2) is 0 Å². The summed E-state index contributed by atoms with van der Waals surface area (Å²) in [6, 6.07) is 7.59. The Balaban J connectivity index is 0.00000320. The van der Waals surface area contributed by atoms with Crippen molar-refractivity contribution in [3.63, 3.8) is 0 Å². The highest BCUT2D eigenvalue weighted by Gasteiger charge is 2.29. The lowest BCUT2D eigenvalue weighted by Gasteiger charge is -2.26. The van der Waals surface area contributed by atoms with Crippen molar-refractivity contribution < 1.29 is 14.3 Å². The first-order valence-electron chi connectivity index (χ1n) is 10.2. The molecular weight excluding hydrogens is 440 g/mol. The molecule has 5 nitrogen and oxygen atoms in total. The van der Waals surface area contributed by atoms with Crippen LogP contribution in [-0.2, 0) is 17.7 Å². The summed E-state index contributed by atoms with van der Waals surface area (Å²) in [5.41, 5.74) is 2.17. The Hall–Kier alpha value is -1.54. The zero-order valence-electron chi connectivity index (χ0n) is 17.7. The van der Waals surface area contributed by atoms with Crippen molar-refractivity contribution in [2.45, 2.75) is 45.1 Å². The number of benzene rings is 1. The molecule has 0 radical (unpaired) electrons. The van der Waals surface area contributed by atoms with Crippen LogP contribution in [0.15, 0.2) is 29.2 Å². The number of fused-ring (bicyclic) bond motifs is 1. The molecule has 1 aliphatic rings. The molecule has 0 saturated heterocycles. The van der Waals surface area contributed by atoms with Crippen molar-refractivity contribution in [3.05, 3.63) is 45.8 Å². The average Bonchev–Trinajstić information content (AvgIpc) is 3.06. The number of amides is 1. The highest BCUT2D eigenvalue weighted by molar-refractivity contribution is 7.99. The molecule has 1 aromatic carbocycles. The van der Waals surface area contributed by atoms with Gasteiger partial charge in [-0.25, -0.2) is 4.79 Å². The minimum Gasteiger partial charge on any atom is -0.462 e. The second-order valence-corrected chi connectivity index (χ2v) is 9.31. The van der Waals surface area contributed by atoms with Crippen LogP contribution in [0.2, 0.25) is 0 Å². The zero-order chi connectivity index (χ0) is 20.8. The molecule has 8 heteroatoms. The number of anilines is 1. The SMILES string of the molecule is CCCN1CCc2c(sc(NC(=O)c3cccc(SCC)c3)c2C(=O)OCC)C1.Cl. The first-order chi connectivity index (χ1) is 14.1. The van der Waals surface area contributed by atoms with E-state index in [1.54, 1.807) is 24.8 Å². The molecule has 0 bridgehead atoms. The second kappa shape index (κ2) is 11.7. The Morgan fingerprint density at radius 3 is 2.77 bits per heavy atom. The molecule has 164 valence electrons. The number of hydrogen-bond donors (Lipinski definition) is 1. The van der Waals surface area contributed by atoms with Gasteiger partial charge in [0.25, 0.3) is 5.91 Å². The molecule has 30 heavy (non-hydrogen) atoms. The fourth-order valence-corrected chi connectivity index (χ4v) is 5.53. The Kier molecular flexibility index (Phi) is 9.68. The van der Waals surface area contributed by atoms with E-state index >= 15 is 0 Å². The fraction of sp³-hybridized carbons (Fsp3) is 0.455. The van der Waals surface area contributed by atoms with Crippen LogP contribution >= 0.6 is 35.5 Å². The number of rotatable bonds is 8. The van der Waals surface area contributed by atoms with Gasteiger partial charge in [0.05, 0.1) is 12.2 Å². The second-order valence-electron chi connectivity index (χ2n) is 6.87. The van der Waals surface area contributed by atoms with Crippen LogP contribution in [0.1, 0.15) is 58.3 Å². The molecule has 2 heterocycles. The molecule has 0 saturated carbocycles. The largest absolute Gasteiger partial charge is 0.462 e. The topological polar surface area (TPSA) is 58.6 Å². The third kappa shape index (κ3) is 5.78. The monoisotopic (exact) mass is 468 g/mol. The van der Waals surface area contributed by atoms with Crippen molar-refractivity contribution >= 4 is 52.4 Å². The standard InChI is InChI=1S/C22H28N2O3S2.ClH/c1-4-11-24-12-10-17-18(14-24)29-21(19(17)22(26)27-5-2)23-20(25)15-8-7-9-16(13-15)28-6-3;/h7-9,13H,4-6,10-12,14H2,1-3H3,(H,23,25);1H. The Bertz CT molecular complexity index is 885. The molecule has 1 amide bonds. The number of esters is 1. The molecule has 0 aliphatic carbocycles. The molecular formula is C22H29ClN2O3S2. The predicted molar refractivity (Wildman–Crippen MR) is 128 cm³/mol. The Morgan fingerprint density at radius 2 is 2.07 bits per heavy atom. The number of thioether (sulfide) groups is 1. The molecule has 3 rings (SSSR count). The molecule has 1 aliphatic heterocycles. The maximum atomic E-state index is 12.9. The Morgan fingerprint density at radius 1 is 1.27 bits per heavy atom. The van der Waals surface area contributed by atoms with Crippen molar-refractivity contribution in [2.75, 3.05) is 30.8 Å².